The number of aromatic amines is 1. The minimum absolute atomic E-state index is 0.140. The number of rotatable bonds is 4. The molecule has 0 spiro atoms. The maximum Gasteiger partial charge on any atom is 0.262 e. The van der Waals surface area contributed by atoms with Crippen molar-refractivity contribution in [2.24, 2.45) is 0 Å². The van der Waals surface area contributed by atoms with E-state index in [1.54, 1.807) is 43.3 Å². The first-order valence-corrected chi connectivity index (χ1v) is 10.6. The van der Waals surface area contributed by atoms with Gasteiger partial charge in [0.05, 0.1) is 21.1 Å². The molecule has 0 aliphatic carbocycles. The van der Waals surface area contributed by atoms with Crippen molar-refractivity contribution in [2.75, 3.05) is 4.72 Å². The predicted octanol–water partition coefficient (Wildman–Crippen LogP) is 5.65. The van der Waals surface area contributed by atoms with Gasteiger partial charge in [0.2, 0.25) is 0 Å². The molecule has 0 unspecified atom stereocenters. The van der Waals surface area contributed by atoms with Gasteiger partial charge in [-0.05, 0) is 48.9 Å². The van der Waals surface area contributed by atoms with Crippen molar-refractivity contribution < 1.29 is 8.42 Å². The summed E-state index contributed by atoms with van der Waals surface area (Å²) in [6, 6.07) is 17.4. The van der Waals surface area contributed by atoms with E-state index in [2.05, 4.69) is 14.9 Å². The largest absolute Gasteiger partial charge is 0.280 e. The standard InChI is InChI=1S/C20H15Cl2N3O2S/c1-12-16(21)7-4-8-19(12)28(26,27)25-13-9-10-15-18(11-13)23-24-20(15)14-5-2-3-6-17(14)22/h2-11,25H,1H3,(H,23,24). The van der Waals surface area contributed by atoms with Gasteiger partial charge in [-0.15, -0.1) is 0 Å². The monoisotopic (exact) mass is 431 g/mol. The van der Waals surface area contributed by atoms with E-state index in [0.29, 0.717) is 32.5 Å². The maximum absolute atomic E-state index is 12.8. The number of halogens is 2. The first-order chi connectivity index (χ1) is 13.4. The van der Waals surface area contributed by atoms with Crippen molar-refractivity contribution in [1.29, 1.82) is 0 Å². The summed E-state index contributed by atoms with van der Waals surface area (Å²) in [5.74, 6) is 0. The van der Waals surface area contributed by atoms with E-state index >= 15 is 0 Å². The Kier molecular flexibility index (Phi) is 4.79. The third-order valence-electron chi connectivity index (χ3n) is 4.45. The van der Waals surface area contributed by atoms with Gasteiger partial charge in [0, 0.05) is 16.0 Å². The minimum atomic E-state index is -3.78. The lowest BCUT2D eigenvalue weighted by Crippen LogP contribution is -2.14. The zero-order valence-electron chi connectivity index (χ0n) is 14.7. The molecule has 5 nitrogen and oxygen atoms in total. The van der Waals surface area contributed by atoms with Crippen LogP contribution in [0.5, 0.6) is 0 Å². The van der Waals surface area contributed by atoms with E-state index in [-0.39, 0.29) is 4.90 Å². The Bertz CT molecular complexity index is 1300. The summed E-state index contributed by atoms with van der Waals surface area (Å²) in [5.41, 5.74) is 3.12. The molecule has 0 saturated heterocycles. The van der Waals surface area contributed by atoms with Crippen LogP contribution in [0, 0.1) is 6.92 Å². The fourth-order valence-electron chi connectivity index (χ4n) is 3.03. The van der Waals surface area contributed by atoms with E-state index in [0.717, 1.165) is 10.9 Å². The van der Waals surface area contributed by atoms with Crippen LogP contribution >= 0.6 is 23.2 Å². The molecule has 0 radical (unpaired) electrons. The van der Waals surface area contributed by atoms with Gasteiger partial charge in [-0.3, -0.25) is 9.82 Å². The lowest BCUT2D eigenvalue weighted by molar-refractivity contribution is 0.600. The molecule has 0 saturated carbocycles. The van der Waals surface area contributed by atoms with Crippen LogP contribution in [-0.4, -0.2) is 18.6 Å². The maximum atomic E-state index is 12.8. The van der Waals surface area contributed by atoms with Gasteiger partial charge in [0.15, 0.2) is 0 Å². The molecule has 0 aliphatic heterocycles. The van der Waals surface area contributed by atoms with Crippen LogP contribution in [-0.2, 0) is 10.0 Å². The molecular formula is C20H15Cl2N3O2S. The van der Waals surface area contributed by atoms with Gasteiger partial charge < -0.3 is 0 Å². The fourth-order valence-corrected chi connectivity index (χ4v) is 4.80. The van der Waals surface area contributed by atoms with Crippen LogP contribution in [0.3, 0.4) is 0 Å². The average Bonchev–Trinajstić information content (AvgIpc) is 3.07. The smallest absolute Gasteiger partial charge is 0.262 e. The molecule has 4 rings (SSSR count). The normalized spacial score (nSPS) is 11.7. The molecule has 3 aromatic carbocycles. The van der Waals surface area contributed by atoms with Crippen LogP contribution in [0.1, 0.15) is 5.56 Å². The van der Waals surface area contributed by atoms with E-state index < -0.39 is 10.0 Å². The zero-order valence-corrected chi connectivity index (χ0v) is 17.0. The highest BCUT2D eigenvalue weighted by Crippen LogP contribution is 2.33. The molecule has 2 N–H and O–H groups in total. The van der Waals surface area contributed by atoms with Crippen LogP contribution in [0.25, 0.3) is 22.2 Å². The van der Waals surface area contributed by atoms with E-state index in [1.165, 1.54) is 6.07 Å². The molecule has 0 atom stereocenters. The second-order valence-corrected chi connectivity index (χ2v) is 8.75. The Morgan fingerprint density at radius 1 is 0.964 bits per heavy atom. The van der Waals surface area contributed by atoms with Gasteiger partial charge in [0.25, 0.3) is 10.0 Å². The van der Waals surface area contributed by atoms with E-state index in [1.807, 2.05) is 18.2 Å². The van der Waals surface area contributed by atoms with Gasteiger partial charge in [0.1, 0.15) is 5.69 Å². The highest BCUT2D eigenvalue weighted by Gasteiger charge is 2.19. The first-order valence-electron chi connectivity index (χ1n) is 8.38. The second-order valence-electron chi connectivity index (χ2n) is 6.28. The van der Waals surface area contributed by atoms with Crippen molar-refractivity contribution in [3.63, 3.8) is 0 Å². The molecule has 0 amide bonds. The number of benzene rings is 3. The molecule has 0 fully saturated rings. The summed E-state index contributed by atoms with van der Waals surface area (Å²) in [4.78, 5) is 0.140. The lowest BCUT2D eigenvalue weighted by atomic mass is 10.1. The van der Waals surface area contributed by atoms with Crippen molar-refractivity contribution in [3.05, 3.63) is 76.3 Å². The molecule has 28 heavy (non-hydrogen) atoms. The third kappa shape index (κ3) is 3.35. The van der Waals surface area contributed by atoms with Gasteiger partial charge in [-0.2, -0.15) is 5.10 Å². The number of aromatic nitrogens is 2. The second kappa shape index (κ2) is 7.13. The summed E-state index contributed by atoms with van der Waals surface area (Å²) < 4.78 is 28.1. The number of nitrogens with zero attached hydrogens (tertiary/aromatic N) is 1. The molecule has 1 heterocycles. The Labute approximate surface area is 172 Å². The quantitative estimate of drug-likeness (QED) is 0.438. The van der Waals surface area contributed by atoms with Crippen LogP contribution in [0.4, 0.5) is 5.69 Å². The number of fused-ring (bicyclic) bond motifs is 1. The number of sulfonamides is 1. The summed E-state index contributed by atoms with van der Waals surface area (Å²) in [7, 11) is -3.78. The van der Waals surface area contributed by atoms with Crippen molar-refractivity contribution in [2.45, 2.75) is 11.8 Å². The highest BCUT2D eigenvalue weighted by atomic mass is 35.5. The van der Waals surface area contributed by atoms with Gasteiger partial charge in [-0.1, -0.05) is 47.5 Å². The Hall–Kier alpha value is -2.54. The van der Waals surface area contributed by atoms with Crippen molar-refractivity contribution in [3.8, 4) is 11.3 Å². The summed E-state index contributed by atoms with van der Waals surface area (Å²) in [6.07, 6.45) is 0. The Balaban J connectivity index is 1.72. The van der Waals surface area contributed by atoms with Crippen molar-refractivity contribution >= 4 is 49.8 Å². The molecule has 0 aliphatic rings. The number of anilines is 1. The lowest BCUT2D eigenvalue weighted by Gasteiger charge is -2.11. The summed E-state index contributed by atoms with van der Waals surface area (Å²) >= 11 is 12.3. The van der Waals surface area contributed by atoms with Gasteiger partial charge in [-0.25, -0.2) is 8.42 Å². The SMILES string of the molecule is Cc1c(Cl)cccc1S(=O)(=O)Nc1ccc2c(-c3ccccc3Cl)n[nH]c2c1. The van der Waals surface area contributed by atoms with Crippen LogP contribution < -0.4 is 4.72 Å². The van der Waals surface area contributed by atoms with Gasteiger partial charge >= 0.3 is 0 Å². The van der Waals surface area contributed by atoms with Crippen LogP contribution in [0.2, 0.25) is 10.0 Å². The fraction of sp³-hybridized carbons (Fsp3) is 0.0500. The number of H-pyrrole nitrogens is 1. The molecule has 8 heteroatoms. The molecule has 1 aromatic heterocycles. The number of hydrogen-bond acceptors (Lipinski definition) is 3. The Morgan fingerprint density at radius 3 is 2.50 bits per heavy atom. The zero-order chi connectivity index (χ0) is 19.9. The first kappa shape index (κ1) is 18.8. The topological polar surface area (TPSA) is 74.8 Å². The molecule has 0 bridgehead atoms. The van der Waals surface area contributed by atoms with Crippen molar-refractivity contribution in [1.82, 2.24) is 10.2 Å². The summed E-state index contributed by atoms with van der Waals surface area (Å²) in [5, 5.41) is 9.12. The predicted molar refractivity (Wildman–Crippen MR) is 114 cm³/mol. The van der Waals surface area contributed by atoms with Crippen LogP contribution in [0.15, 0.2) is 65.6 Å². The summed E-state index contributed by atoms with van der Waals surface area (Å²) in [6.45, 7) is 1.67. The number of hydrogen-bond donors (Lipinski definition) is 2. The van der Waals surface area contributed by atoms with E-state index in [4.69, 9.17) is 23.2 Å². The van der Waals surface area contributed by atoms with E-state index in [9.17, 15) is 8.42 Å². The minimum Gasteiger partial charge on any atom is -0.280 e. The Morgan fingerprint density at radius 2 is 1.71 bits per heavy atom. The molecular weight excluding hydrogens is 417 g/mol. The average molecular weight is 432 g/mol. The highest BCUT2D eigenvalue weighted by molar-refractivity contribution is 7.92. The molecule has 142 valence electrons. The third-order valence-corrected chi connectivity index (χ3v) is 6.72. The number of nitrogens with one attached hydrogen (secondary N) is 2. The molecule has 4 aromatic rings.